The molecule has 0 aliphatic rings. The largest absolute Gasteiger partial charge is 0.384 e. The monoisotopic (exact) mass is 428 g/mol. The summed E-state index contributed by atoms with van der Waals surface area (Å²) < 4.78 is 9.93. The molecule has 0 aliphatic heterocycles. The highest BCUT2D eigenvalue weighted by atomic mass is 16.5. The van der Waals surface area contributed by atoms with E-state index in [4.69, 9.17) is 9.47 Å². The van der Waals surface area contributed by atoms with Crippen LogP contribution in [0.2, 0.25) is 0 Å². The van der Waals surface area contributed by atoms with E-state index in [1.54, 1.807) is 41.9 Å². The minimum atomic E-state index is -0.574. The zero-order valence-electron chi connectivity index (χ0n) is 21.3. The molecule has 0 fully saturated rings. The summed E-state index contributed by atoms with van der Waals surface area (Å²) in [4.78, 5) is 47.0. The van der Waals surface area contributed by atoms with Gasteiger partial charge in [0.25, 0.3) is 0 Å². The van der Waals surface area contributed by atoms with Gasteiger partial charge in [-0.05, 0) is 0 Å². The fourth-order valence-corrected chi connectivity index (χ4v) is 2.18. The summed E-state index contributed by atoms with van der Waals surface area (Å²) in [5.41, 5.74) is -2.04. The molecule has 0 aromatic rings. The number of rotatable bonds is 10. The maximum atomic E-state index is 11.8. The molecule has 0 rings (SSSR count). The summed E-state index contributed by atoms with van der Waals surface area (Å²) in [5.74, 6) is -0.137. The third-order valence-corrected chi connectivity index (χ3v) is 4.84. The van der Waals surface area contributed by atoms with Gasteiger partial charge in [-0.3, -0.25) is 19.2 Å². The van der Waals surface area contributed by atoms with Crippen molar-refractivity contribution in [2.45, 2.75) is 82.1 Å². The van der Waals surface area contributed by atoms with Gasteiger partial charge in [0.15, 0.2) is 0 Å². The van der Waals surface area contributed by atoms with Crippen molar-refractivity contribution in [3.63, 3.8) is 0 Å². The van der Waals surface area contributed by atoms with Crippen LogP contribution >= 0.6 is 0 Å². The van der Waals surface area contributed by atoms with Gasteiger partial charge in [0.1, 0.15) is 23.1 Å². The number of carbonyl (C=O) groups excluding carboxylic acids is 4. The topological polar surface area (TPSA) is 86.7 Å². The lowest BCUT2D eigenvalue weighted by atomic mass is 9.81. The number of Topliss-reactive ketones (excluding diaryl/α,β-unsaturated/α-hetero) is 4. The molecule has 0 saturated heterocycles. The molecule has 0 radical (unpaired) electrons. The van der Waals surface area contributed by atoms with Crippen LogP contribution in [0.4, 0.5) is 0 Å². The Morgan fingerprint density at radius 1 is 0.500 bits per heavy atom. The Morgan fingerprint density at radius 2 is 0.733 bits per heavy atom. The van der Waals surface area contributed by atoms with E-state index in [2.05, 4.69) is 0 Å². The van der Waals surface area contributed by atoms with Crippen LogP contribution in [-0.2, 0) is 28.7 Å². The molecular weight excluding hydrogens is 384 g/mol. The van der Waals surface area contributed by atoms with Gasteiger partial charge in [-0.2, -0.15) is 0 Å². The molecule has 6 nitrogen and oxygen atoms in total. The molecule has 0 aliphatic carbocycles. The SMILES string of the molecule is COCC(C)(C)C(=O)CC(=O)C(C)(C)C.COCC(C)(C)C(=O)CC(=O)C(C)(C)C. The number of ether oxygens (including phenoxy) is 2. The van der Waals surface area contributed by atoms with Crippen LogP contribution in [-0.4, -0.2) is 50.6 Å². The van der Waals surface area contributed by atoms with Crippen LogP contribution in [0.15, 0.2) is 0 Å². The summed E-state index contributed by atoms with van der Waals surface area (Å²) in [6, 6.07) is 0. The first-order valence-electron chi connectivity index (χ1n) is 10.3. The molecule has 0 unspecified atom stereocenters. The highest BCUT2D eigenvalue weighted by molar-refractivity contribution is 6.04. The molecule has 0 aromatic heterocycles. The molecular formula is C24H44O6. The average Bonchev–Trinajstić information content (AvgIpc) is 2.53. The summed E-state index contributed by atoms with van der Waals surface area (Å²) in [6.45, 7) is 18.9. The smallest absolute Gasteiger partial charge is 0.148 e. The molecule has 0 spiro atoms. The number of methoxy groups -OCH3 is 2. The number of hydrogen-bond acceptors (Lipinski definition) is 6. The van der Waals surface area contributed by atoms with Crippen molar-refractivity contribution < 1.29 is 28.7 Å². The van der Waals surface area contributed by atoms with Crippen LogP contribution < -0.4 is 0 Å². The first-order valence-corrected chi connectivity index (χ1v) is 10.3. The maximum absolute atomic E-state index is 11.8. The highest BCUT2D eigenvalue weighted by Crippen LogP contribution is 2.24. The summed E-state index contributed by atoms with van der Waals surface area (Å²) >= 11 is 0. The van der Waals surface area contributed by atoms with Gasteiger partial charge in [0.2, 0.25) is 0 Å². The molecule has 176 valence electrons. The number of hydrogen-bond donors (Lipinski definition) is 0. The summed E-state index contributed by atoms with van der Waals surface area (Å²) in [7, 11) is 3.11. The van der Waals surface area contributed by atoms with Gasteiger partial charge >= 0.3 is 0 Å². The van der Waals surface area contributed by atoms with Gasteiger partial charge in [-0.25, -0.2) is 0 Å². The fraction of sp³-hybridized carbons (Fsp3) is 0.833. The Balaban J connectivity index is 0. The standard InChI is InChI=1S/2C12H22O3/c2*1-11(2,3)9(13)7-10(14)12(4,5)8-15-6/h2*7-8H2,1-6H3. The summed E-state index contributed by atoms with van der Waals surface area (Å²) in [5, 5.41) is 0. The van der Waals surface area contributed by atoms with Gasteiger partial charge in [0, 0.05) is 35.9 Å². The average molecular weight is 429 g/mol. The molecule has 0 N–H and O–H groups in total. The van der Waals surface area contributed by atoms with E-state index in [0.29, 0.717) is 13.2 Å². The Hall–Kier alpha value is -1.40. The van der Waals surface area contributed by atoms with Crippen molar-refractivity contribution in [1.82, 2.24) is 0 Å². The zero-order valence-corrected chi connectivity index (χ0v) is 21.3. The second-order valence-electron chi connectivity index (χ2n) is 11.2. The lowest BCUT2D eigenvalue weighted by Crippen LogP contribution is -2.33. The van der Waals surface area contributed by atoms with Gasteiger partial charge in [-0.1, -0.05) is 69.2 Å². The fourth-order valence-electron chi connectivity index (χ4n) is 2.18. The first-order chi connectivity index (χ1) is 13.2. The van der Waals surface area contributed by atoms with Gasteiger partial charge in [-0.15, -0.1) is 0 Å². The Morgan fingerprint density at radius 3 is 0.900 bits per heavy atom. The van der Waals surface area contributed by atoms with Crippen LogP contribution in [0.3, 0.4) is 0 Å². The van der Waals surface area contributed by atoms with E-state index >= 15 is 0 Å². The van der Waals surface area contributed by atoms with Crippen molar-refractivity contribution in [2.24, 2.45) is 21.7 Å². The van der Waals surface area contributed by atoms with E-state index in [-0.39, 0.29) is 36.0 Å². The molecule has 0 atom stereocenters. The second-order valence-corrected chi connectivity index (χ2v) is 11.2. The third kappa shape index (κ3) is 11.7. The Kier molecular flexibility index (Phi) is 12.2. The van der Waals surface area contributed by atoms with Crippen LogP contribution in [0.5, 0.6) is 0 Å². The molecule has 6 heteroatoms. The Bertz CT molecular complexity index is 546. The predicted molar refractivity (Wildman–Crippen MR) is 119 cm³/mol. The number of ketones is 4. The maximum Gasteiger partial charge on any atom is 0.148 e. The lowest BCUT2D eigenvalue weighted by molar-refractivity contribution is -0.138. The van der Waals surface area contributed by atoms with E-state index in [1.807, 2.05) is 41.5 Å². The van der Waals surface area contributed by atoms with Crippen molar-refractivity contribution in [3.05, 3.63) is 0 Å². The lowest BCUT2D eigenvalue weighted by Gasteiger charge is -2.24. The van der Waals surface area contributed by atoms with Crippen LogP contribution in [0.25, 0.3) is 0 Å². The van der Waals surface area contributed by atoms with Gasteiger partial charge < -0.3 is 9.47 Å². The molecule has 0 saturated carbocycles. The van der Waals surface area contributed by atoms with Crippen molar-refractivity contribution in [1.29, 1.82) is 0 Å². The number of carbonyl (C=O) groups is 4. The van der Waals surface area contributed by atoms with Crippen molar-refractivity contribution in [3.8, 4) is 0 Å². The minimum Gasteiger partial charge on any atom is -0.384 e. The van der Waals surface area contributed by atoms with Crippen LogP contribution in [0, 0.1) is 21.7 Å². The summed E-state index contributed by atoms with van der Waals surface area (Å²) in [6.07, 6.45) is -0.000278. The molecule has 30 heavy (non-hydrogen) atoms. The second kappa shape index (κ2) is 11.8. The molecule has 0 aromatic carbocycles. The molecule has 0 amide bonds. The zero-order chi connectivity index (χ0) is 24.6. The molecule has 0 bridgehead atoms. The normalized spacial score (nSPS) is 12.7. The van der Waals surface area contributed by atoms with Crippen molar-refractivity contribution >= 4 is 23.1 Å². The Labute approximate surface area is 183 Å². The third-order valence-electron chi connectivity index (χ3n) is 4.84. The quantitative estimate of drug-likeness (QED) is 0.477. The van der Waals surface area contributed by atoms with Crippen LogP contribution in [0.1, 0.15) is 82.1 Å². The first kappa shape index (κ1) is 30.8. The van der Waals surface area contributed by atoms with Crippen molar-refractivity contribution in [2.75, 3.05) is 27.4 Å². The predicted octanol–water partition coefficient (Wildman–Crippen LogP) is 4.47. The van der Waals surface area contributed by atoms with E-state index in [1.165, 1.54) is 0 Å². The van der Waals surface area contributed by atoms with E-state index in [9.17, 15) is 19.2 Å². The minimum absolute atomic E-state index is 0.000139. The van der Waals surface area contributed by atoms with E-state index < -0.39 is 21.7 Å². The van der Waals surface area contributed by atoms with Gasteiger partial charge in [0.05, 0.1) is 26.1 Å². The van der Waals surface area contributed by atoms with E-state index in [0.717, 1.165) is 0 Å². The highest BCUT2D eigenvalue weighted by Gasteiger charge is 2.33. The molecule has 0 heterocycles.